The average Bonchev–Trinajstić information content (AvgIpc) is 2.83. The van der Waals surface area contributed by atoms with Gasteiger partial charge < -0.3 is 5.32 Å². The van der Waals surface area contributed by atoms with Gasteiger partial charge in [-0.25, -0.2) is 4.68 Å². The van der Waals surface area contributed by atoms with E-state index in [4.69, 9.17) is 23.2 Å². The van der Waals surface area contributed by atoms with Crippen LogP contribution in [0.1, 0.15) is 16.1 Å². The Morgan fingerprint density at radius 1 is 1.09 bits per heavy atom. The molecule has 0 atom stereocenters. The number of benzene rings is 2. The molecule has 3 aromatic rings. The van der Waals surface area contributed by atoms with E-state index >= 15 is 0 Å². The van der Waals surface area contributed by atoms with Gasteiger partial charge in [-0.3, -0.25) is 4.79 Å². The molecule has 0 spiro atoms. The van der Waals surface area contributed by atoms with Crippen LogP contribution in [0.5, 0.6) is 0 Å². The molecular formula is C17H13Cl2N3O. The van der Waals surface area contributed by atoms with Crippen LogP contribution in [0.2, 0.25) is 10.2 Å². The number of carbonyl (C=O) groups excluding carboxylic acids is 1. The molecule has 6 heteroatoms. The molecule has 0 fully saturated rings. The molecule has 23 heavy (non-hydrogen) atoms. The van der Waals surface area contributed by atoms with E-state index in [1.165, 1.54) is 0 Å². The van der Waals surface area contributed by atoms with Crippen molar-refractivity contribution in [2.24, 2.45) is 0 Å². The minimum atomic E-state index is -0.322. The Hall–Kier alpha value is -2.30. The molecule has 0 saturated heterocycles. The molecule has 1 aromatic heterocycles. The van der Waals surface area contributed by atoms with Gasteiger partial charge in [0.25, 0.3) is 5.91 Å². The summed E-state index contributed by atoms with van der Waals surface area (Å²) in [4.78, 5) is 12.5. The first-order valence-electron chi connectivity index (χ1n) is 6.93. The molecule has 0 saturated carbocycles. The van der Waals surface area contributed by atoms with Crippen molar-refractivity contribution < 1.29 is 4.79 Å². The average molecular weight is 346 g/mol. The number of para-hydroxylation sites is 1. The summed E-state index contributed by atoms with van der Waals surface area (Å²) >= 11 is 12.3. The molecule has 0 aliphatic heterocycles. The molecule has 2 aromatic carbocycles. The van der Waals surface area contributed by atoms with Crippen LogP contribution in [-0.4, -0.2) is 15.7 Å². The first kappa shape index (κ1) is 15.6. The fourth-order valence-corrected chi connectivity index (χ4v) is 2.81. The lowest BCUT2D eigenvalue weighted by molar-refractivity contribution is 0.102. The smallest absolute Gasteiger partial charge is 0.260 e. The molecule has 0 aliphatic carbocycles. The third-order valence-corrected chi connectivity index (χ3v) is 3.90. The third kappa shape index (κ3) is 3.23. The molecule has 1 N–H and O–H groups in total. The van der Waals surface area contributed by atoms with Crippen molar-refractivity contribution in [2.75, 3.05) is 5.32 Å². The van der Waals surface area contributed by atoms with Gasteiger partial charge in [0.2, 0.25) is 0 Å². The Balaban J connectivity index is 1.94. The standard InChI is InChI=1S/C17H13Cl2N3O/c1-11-15(17(23)20-13-7-5-6-12(18)10-13)16(19)22(21-11)14-8-3-2-4-9-14/h2-10H,1H3,(H,20,23). The van der Waals surface area contributed by atoms with Crippen molar-refractivity contribution in [3.05, 3.63) is 76.0 Å². The summed E-state index contributed by atoms with van der Waals surface area (Å²) < 4.78 is 1.55. The van der Waals surface area contributed by atoms with Crippen molar-refractivity contribution in [1.29, 1.82) is 0 Å². The summed E-state index contributed by atoms with van der Waals surface area (Å²) in [6.07, 6.45) is 0. The molecule has 0 aliphatic rings. The van der Waals surface area contributed by atoms with E-state index in [1.807, 2.05) is 30.3 Å². The van der Waals surface area contributed by atoms with Gasteiger partial charge in [-0.1, -0.05) is 47.5 Å². The number of carbonyl (C=O) groups is 1. The summed E-state index contributed by atoms with van der Waals surface area (Å²) in [5, 5.41) is 7.96. The lowest BCUT2D eigenvalue weighted by atomic mass is 10.2. The molecule has 1 amide bonds. The van der Waals surface area contributed by atoms with Crippen molar-refractivity contribution in [3.8, 4) is 5.69 Å². The van der Waals surface area contributed by atoms with Gasteiger partial charge >= 0.3 is 0 Å². The summed E-state index contributed by atoms with van der Waals surface area (Å²) in [6, 6.07) is 16.3. The highest BCUT2D eigenvalue weighted by Gasteiger charge is 2.21. The number of nitrogens with one attached hydrogen (secondary N) is 1. The summed E-state index contributed by atoms with van der Waals surface area (Å²) in [5.41, 5.74) is 2.29. The third-order valence-electron chi connectivity index (χ3n) is 3.31. The van der Waals surface area contributed by atoms with Crippen LogP contribution in [0.25, 0.3) is 5.69 Å². The number of rotatable bonds is 3. The van der Waals surface area contributed by atoms with Gasteiger partial charge in [0.05, 0.1) is 11.4 Å². The Morgan fingerprint density at radius 2 is 1.83 bits per heavy atom. The second kappa shape index (κ2) is 6.44. The van der Waals surface area contributed by atoms with E-state index in [0.717, 1.165) is 5.69 Å². The van der Waals surface area contributed by atoms with Gasteiger partial charge in [0, 0.05) is 10.7 Å². The maximum absolute atomic E-state index is 12.5. The summed E-state index contributed by atoms with van der Waals surface area (Å²) in [5.74, 6) is -0.322. The highest BCUT2D eigenvalue weighted by Crippen LogP contribution is 2.25. The fourth-order valence-electron chi connectivity index (χ4n) is 2.26. The fraction of sp³-hybridized carbons (Fsp3) is 0.0588. The zero-order chi connectivity index (χ0) is 16.4. The van der Waals surface area contributed by atoms with Crippen molar-refractivity contribution >= 4 is 34.8 Å². The number of hydrogen-bond acceptors (Lipinski definition) is 2. The predicted octanol–water partition coefficient (Wildman–Crippen LogP) is 4.74. The van der Waals surface area contributed by atoms with Crippen LogP contribution in [0.3, 0.4) is 0 Å². The number of hydrogen-bond donors (Lipinski definition) is 1. The molecule has 4 nitrogen and oxygen atoms in total. The zero-order valence-corrected chi connectivity index (χ0v) is 13.8. The maximum atomic E-state index is 12.5. The Kier molecular flexibility index (Phi) is 4.37. The largest absolute Gasteiger partial charge is 0.322 e. The van der Waals surface area contributed by atoms with Crippen LogP contribution in [0, 0.1) is 6.92 Å². The Morgan fingerprint density at radius 3 is 2.52 bits per heavy atom. The number of nitrogens with zero attached hydrogens (tertiary/aromatic N) is 2. The minimum Gasteiger partial charge on any atom is -0.322 e. The van der Waals surface area contributed by atoms with Gasteiger partial charge in [0.15, 0.2) is 0 Å². The molecular weight excluding hydrogens is 333 g/mol. The molecule has 0 radical (unpaired) electrons. The number of amides is 1. The van der Waals surface area contributed by atoms with E-state index in [2.05, 4.69) is 10.4 Å². The lowest BCUT2D eigenvalue weighted by Crippen LogP contribution is -2.13. The SMILES string of the molecule is Cc1nn(-c2ccccc2)c(Cl)c1C(=O)Nc1cccc(Cl)c1. The second-order valence-corrected chi connectivity index (χ2v) is 5.76. The Labute approximate surface area is 143 Å². The van der Waals surface area contributed by atoms with Gasteiger partial charge in [0.1, 0.15) is 10.7 Å². The number of aromatic nitrogens is 2. The first-order chi connectivity index (χ1) is 11.1. The van der Waals surface area contributed by atoms with Crippen LogP contribution >= 0.6 is 23.2 Å². The normalized spacial score (nSPS) is 10.6. The minimum absolute atomic E-state index is 0.272. The summed E-state index contributed by atoms with van der Waals surface area (Å²) in [7, 11) is 0. The van der Waals surface area contributed by atoms with Crippen molar-refractivity contribution in [3.63, 3.8) is 0 Å². The molecule has 116 valence electrons. The van der Waals surface area contributed by atoms with Crippen molar-refractivity contribution in [1.82, 2.24) is 9.78 Å². The lowest BCUT2D eigenvalue weighted by Gasteiger charge is -2.06. The molecule has 3 rings (SSSR count). The van der Waals surface area contributed by atoms with Crippen LogP contribution in [0.15, 0.2) is 54.6 Å². The quantitative estimate of drug-likeness (QED) is 0.745. The van der Waals surface area contributed by atoms with E-state index in [0.29, 0.717) is 22.0 Å². The van der Waals surface area contributed by atoms with E-state index in [1.54, 1.807) is 35.9 Å². The maximum Gasteiger partial charge on any atom is 0.260 e. The van der Waals surface area contributed by atoms with Crippen LogP contribution in [-0.2, 0) is 0 Å². The molecule has 0 unspecified atom stereocenters. The second-order valence-electron chi connectivity index (χ2n) is 4.96. The number of anilines is 1. The van der Waals surface area contributed by atoms with Crippen LogP contribution < -0.4 is 5.32 Å². The topological polar surface area (TPSA) is 46.9 Å². The number of halogens is 2. The zero-order valence-electron chi connectivity index (χ0n) is 12.3. The van der Waals surface area contributed by atoms with E-state index in [-0.39, 0.29) is 11.1 Å². The van der Waals surface area contributed by atoms with Gasteiger partial charge in [-0.05, 0) is 37.3 Å². The monoisotopic (exact) mass is 345 g/mol. The van der Waals surface area contributed by atoms with E-state index < -0.39 is 0 Å². The van der Waals surface area contributed by atoms with Gasteiger partial charge in [-0.15, -0.1) is 0 Å². The van der Waals surface area contributed by atoms with Crippen LogP contribution in [0.4, 0.5) is 5.69 Å². The summed E-state index contributed by atoms with van der Waals surface area (Å²) in [6.45, 7) is 1.75. The molecule has 1 heterocycles. The highest BCUT2D eigenvalue weighted by molar-refractivity contribution is 6.34. The van der Waals surface area contributed by atoms with Gasteiger partial charge in [-0.2, -0.15) is 5.10 Å². The number of aryl methyl sites for hydroxylation is 1. The van der Waals surface area contributed by atoms with E-state index in [9.17, 15) is 4.79 Å². The Bertz CT molecular complexity index is 860. The predicted molar refractivity (Wildman–Crippen MR) is 92.7 cm³/mol. The van der Waals surface area contributed by atoms with Crippen molar-refractivity contribution in [2.45, 2.75) is 6.92 Å². The molecule has 0 bridgehead atoms. The first-order valence-corrected chi connectivity index (χ1v) is 7.69. The highest BCUT2D eigenvalue weighted by atomic mass is 35.5.